The number of aryl methyl sites for hydroxylation is 1. The molecule has 0 aliphatic carbocycles. The van der Waals surface area contributed by atoms with Crippen LogP contribution in [0.3, 0.4) is 0 Å². The van der Waals surface area contributed by atoms with Crippen LogP contribution < -0.4 is 16.6 Å². The molecule has 0 unspecified atom stereocenters. The second-order valence-corrected chi connectivity index (χ2v) is 8.40. The monoisotopic (exact) mass is 489 g/mol. The Morgan fingerprint density at radius 1 is 0.944 bits per heavy atom. The number of amides is 1. The number of nitrogens with zero attached hydrogens (tertiary/aromatic N) is 4. The molecule has 4 rings (SSSR count). The number of esters is 1. The fraction of sp³-hybridized carbons (Fsp3) is 0.269. The maximum atomic E-state index is 12.6. The molecule has 2 aromatic heterocycles. The van der Waals surface area contributed by atoms with Crippen molar-refractivity contribution >= 4 is 23.0 Å². The molecule has 186 valence electrons. The van der Waals surface area contributed by atoms with Crippen molar-refractivity contribution in [2.45, 2.75) is 18.9 Å². The molecule has 0 spiro atoms. The Labute approximate surface area is 206 Å². The van der Waals surface area contributed by atoms with Crippen LogP contribution >= 0.6 is 0 Å². The van der Waals surface area contributed by atoms with E-state index >= 15 is 0 Å². The van der Waals surface area contributed by atoms with E-state index in [1.807, 2.05) is 60.7 Å². The average Bonchev–Trinajstić information content (AvgIpc) is 3.32. The minimum Gasteiger partial charge on any atom is -0.464 e. The Balaban J connectivity index is 1.32. The molecule has 0 saturated heterocycles. The van der Waals surface area contributed by atoms with E-state index < -0.39 is 11.2 Å². The van der Waals surface area contributed by atoms with Crippen molar-refractivity contribution in [2.24, 2.45) is 14.1 Å². The van der Waals surface area contributed by atoms with Gasteiger partial charge in [-0.3, -0.25) is 23.5 Å². The average molecular weight is 490 g/mol. The van der Waals surface area contributed by atoms with Crippen LogP contribution in [0.5, 0.6) is 0 Å². The predicted molar refractivity (Wildman–Crippen MR) is 134 cm³/mol. The Hall–Kier alpha value is -4.47. The number of benzene rings is 2. The molecule has 0 saturated carbocycles. The van der Waals surface area contributed by atoms with Crippen molar-refractivity contribution in [2.75, 3.05) is 13.2 Å². The third-order valence-electron chi connectivity index (χ3n) is 5.99. The van der Waals surface area contributed by atoms with Crippen LogP contribution in [0.25, 0.3) is 11.2 Å². The van der Waals surface area contributed by atoms with Gasteiger partial charge in [0.2, 0.25) is 5.91 Å². The molecule has 0 bridgehead atoms. The summed E-state index contributed by atoms with van der Waals surface area (Å²) >= 11 is 0. The number of fused-ring (bicyclic) bond motifs is 1. The third-order valence-corrected chi connectivity index (χ3v) is 5.99. The topological polar surface area (TPSA) is 117 Å². The van der Waals surface area contributed by atoms with Gasteiger partial charge in [-0.2, -0.15) is 0 Å². The fourth-order valence-electron chi connectivity index (χ4n) is 4.11. The lowest BCUT2D eigenvalue weighted by atomic mass is 9.89. The van der Waals surface area contributed by atoms with E-state index in [1.165, 1.54) is 29.6 Å². The molecule has 0 radical (unpaired) electrons. The van der Waals surface area contributed by atoms with Crippen molar-refractivity contribution in [3.63, 3.8) is 0 Å². The summed E-state index contributed by atoms with van der Waals surface area (Å²) in [5.74, 6) is -0.887. The van der Waals surface area contributed by atoms with Crippen molar-refractivity contribution in [1.29, 1.82) is 0 Å². The normalized spacial score (nSPS) is 11.1. The van der Waals surface area contributed by atoms with E-state index in [-0.39, 0.29) is 55.1 Å². The highest BCUT2D eigenvalue weighted by Gasteiger charge is 2.19. The number of rotatable bonds is 9. The molecule has 10 heteroatoms. The quantitative estimate of drug-likeness (QED) is 0.280. The zero-order valence-corrected chi connectivity index (χ0v) is 20.1. The highest BCUT2D eigenvalue weighted by molar-refractivity contribution is 5.79. The summed E-state index contributed by atoms with van der Waals surface area (Å²) in [4.78, 5) is 53.6. The van der Waals surface area contributed by atoms with Gasteiger partial charge in [0.25, 0.3) is 5.56 Å². The second kappa shape index (κ2) is 10.9. The van der Waals surface area contributed by atoms with Crippen LogP contribution in [0, 0.1) is 0 Å². The van der Waals surface area contributed by atoms with E-state index in [2.05, 4.69) is 10.3 Å². The molecule has 0 aliphatic heterocycles. The SMILES string of the molecule is Cn1c(=O)c2c(ncn2CC(=O)NCCOC(=O)CC(c2ccccc2)c2ccccc2)n(C)c1=O. The van der Waals surface area contributed by atoms with Crippen molar-refractivity contribution in [1.82, 2.24) is 24.0 Å². The molecule has 36 heavy (non-hydrogen) atoms. The third kappa shape index (κ3) is 5.27. The van der Waals surface area contributed by atoms with E-state index in [0.29, 0.717) is 0 Å². The molecule has 2 heterocycles. The summed E-state index contributed by atoms with van der Waals surface area (Å²) in [5, 5.41) is 2.68. The Kier molecular flexibility index (Phi) is 7.43. The number of carbonyl (C=O) groups is 2. The summed E-state index contributed by atoms with van der Waals surface area (Å²) < 4.78 is 8.98. The highest BCUT2D eigenvalue weighted by atomic mass is 16.5. The second-order valence-electron chi connectivity index (χ2n) is 8.40. The van der Waals surface area contributed by atoms with Gasteiger partial charge in [-0.05, 0) is 11.1 Å². The van der Waals surface area contributed by atoms with Crippen LogP contribution in [0.15, 0.2) is 76.6 Å². The number of carbonyl (C=O) groups excluding carboxylic acids is 2. The van der Waals surface area contributed by atoms with Crippen LogP contribution in [-0.4, -0.2) is 43.7 Å². The van der Waals surface area contributed by atoms with Gasteiger partial charge in [0, 0.05) is 20.0 Å². The molecule has 0 aliphatic rings. The molecule has 2 aromatic carbocycles. The molecule has 0 atom stereocenters. The highest BCUT2D eigenvalue weighted by Crippen LogP contribution is 2.28. The first-order valence-corrected chi connectivity index (χ1v) is 11.5. The van der Waals surface area contributed by atoms with Crippen LogP contribution in [-0.2, 0) is 35.0 Å². The molecule has 4 aromatic rings. The van der Waals surface area contributed by atoms with E-state index in [1.54, 1.807) is 0 Å². The van der Waals surface area contributed by atoms with E-state index in [9.17, 15) is 19.2 Å². The molecular weight excluding hydrogens is 462 g/mol. The number of nitrogens with one attached hydrogen (secondary N) is 1. The molecule has 1 N–H and O–H groups in total. The number of hydrogen-bond acceptors (Lipinski definition) is 6. The van der Waals surface area contributed by atoms with E-state index in [0.717, 1.165) is 15.7 Å². The number of imidazole rings is 1. The zero-order valence-electron chi connectivity index (χ0n) is 20.1. The maximum Gasteiger partial charge on any atom is 0.332 e. The summed E-state index contributed by atoms with van der Waals surface area (Å²) in [6, 6.07) is 19.5. The van der Waals surface area contributed by atoms with Gasteiger partial charge in [-0.1, -0.05) is 60.7 Å². The summed E-state index contributed by atoms with van der Waals surface area (Å²) in [7, 11) is 2.88. The lowest BCUT2D eigenvalue weighted by Crippen LogP contribution is -2.38. The minimum atomic E-state index is -0.529. The smallest absolute Gasteiger partial charge is 0.332 e. The maximum absolute atomic E-state index is 12.6. The first-order chi connectivity index (χ1) is 17.4. The lowest BCUT2D eigenvalue weighted by molar-refractivity contribution is -0.144. The van der Waals surface area contributed by atoms with Gasteiger partial charge < -0.3 is 14.6 Å². The summed E-state index contributed by atoms with van der Waals surface area (Å²) in [6.45, 7) is -0.0289. The molecular formula is C26H27N5O5. The van der Waals surface area contributed by atoms with Gasteiger partial charge in [-0.15, -0.1) is 0 Å². The van der Waals surface area contributed by atoms with Gasteiger partial charge in [0.1, 0.15) is 13.2 Å². The number of ether oxygens (including phenoxy) is 1. The Morgan fingerprint density at radius 3 is 2.17 bits per heavy atom. The van der Waals surface area contributed by atoms with Gasteiger partial charge in [-0.25, -0.2) is 9.78 Å². The van der Waals surface area contributed by atoms with Gasteiger partial charge in [0.05, 0.1) is 19.3 Å². The van der Waals surface area contributed by atoms with Crippen molar-refractivity contribution in [3.8, 4) is 0 Å². The molecule has 1 amide bonds. The van der Waals surface area contributed by atoms with E-state index in [4.69, 9.17) is 4.74 Å². The van der Waals surface area contributed by atoms with Crippen LogP contribution in [0.1, 0.15) is 23.5 Å². The van der Waals surface area contributed by atoms with Crippen LogP contribution in [0.4, 0.5) is 0 Å². The zero-order chi connectivity index (χ0) is 25.7. The predicted octanol–water partition coefficient (Wildman–Crippen LogP) is 1.32. The van der Waals surface area contributed by atoms with Crippen molar-refractivity contribution < 1.29 is 14.3 Å². The van der Waals surface area contributed by atoms with Gasteiger partial charge in [0.15, 0.2) is 11.2 Å². The Morgan fingerprint density at radius 2 is 1.56 bits per heavy atom. The van der Waals surface area contributed by atoms with Gasteiger partial charge >= 0.3 is 11.7 Å². The Bertz CT molecular complexity index is 1450. The standard InChI is InChI=1S/C26H27N5O5/c1-29-24-23(25(34)30(2)26(29)35)31(17-28-24)16-21(32)27-13-14-36-22(33)15-20(18-9-5-3-6-10-18)19-11-7-4-8-12-19/h3-12,17,20H,13-16H2,1-2H3,(H,27,32). The molecule has 0 fully saturated rings. The van der Waals surface area contributed by atoms with Crippen molar-refractivity contribution in [3.05, 3.63) is 99.0 Å². The van der Waals surface area contributed by atoms with Crippen LogP contribution in [0.2, 0.25) is 0 Å². The lowest BCUT2D eigenvalue weighted by Gasteiger charge is -2.17. The first kappa shape index (κ1) is 24.6. The number of aromatic nitrogens is 4. The first-order valence-electron chi connectivity index (χ1n) is 11.5. The number of hydrogen-bond donors (Lipinski definition) is 1. The molecule has 10 nitrogen and oxygen atoms in total. The summed E-state index contributed by atoms with van der Waals surface area (Å²) in [5.41, 5.74) is 1.38. The summed E-state index contributed by atoms with van der Waals surface area (Å²) in [6.07, 6.45) is 1.52. The minimum absolute atomic E-state index is 0.0157. The fourth-order valence-corrected chi connectivity index (χ4v) is 4.11. The largest absolute Gasteiger partial charge is 0.464 e.